The fourth-order valence-corrected chi connectivity index (χ4v) is 1.00. The summed E-state index contributed by atoms with van der Waals surface area (Å²) < 4.78 is 10.1. The molecule has 0 aliphatic heterocycles. The first kappa shape index (κ1) is 8.74. The second-order valence-corrected chi connectivity index (χ2v) is 2.86. The number of oxazole rings is 1. The maximum Gasteiger partial charge on any atom is 0.321 e. The Balaban J connectivity index is 1.94. The number of nitrogens with one attached hydrogen (secondary N) is 1. The van der Waals surface area contributed by atoms with Gasteiger partial charge in [0.05, 0.1) is 12.7 Å². The van der Waals surface area contributed by atoms with Gasteiger partial charge in [0.25, 0.3) is 0 Å². The lowest BCUT2D eigenvalue weighted by atomic mass is 10.6. The number of hydrogen-bond donors (Lipinski definition) is 1. The van der Waals surface area contributed by atoms with Gasteiger partial charge in [-0.3, -0.25) is 0 Å². The predicted octanol–water partition coefficient (Wildman–Crippen LogP) is 1.29. The van der Waals surface area contributed by atoms with E-state index in [4.69, 9.17) is 8.94 Å². The first-order valence-electron chi connectivity index (χ1n) is 4.19. The molecule has 0 unspecified atom stereocenters. The zero-order chi connectivity index (χ0) is 9.97. The van der Waals surface area contributed by atoms with Gasteiger partial charge >= 0.3 is 6.01 Å². The lowest BCUT2D eigenvalue weighted by Gasteiger charge is -1.94. The summed E-state index contributed by atoms with van der Waals surface area (Å²) in [4.78, 5) is 7.99. The number of aryl methyl sites for hydroxylation is 2. The van der Waals surface area contributed by atoms with Crippen molar-refractivity contribution in [1.82, 2.24) is 15.1 Å². The van der Waals surface area contributed by atoms with Gasteiger partial charge in [-0.2, -0.15) is 4.98 Å². The van der Waals surface area contributed by atoms with Crippen LogP contribution in [0.3, 0.4) is 0 Å². The standard InChI is InChI=1S/C8H10N4O2/c1-5-3-9-7(13-5)4-10-8-11-6(2)12-14-8/h3H,4H2,1-2H3,(H,10,11,12). The zero-order valence-electron chi connectivity index (χ0n) is 7.94. The predicted molar refractivity (Wildman–Crippen MR) is 47.6 cm³/mol. The topological polar surface area (TPSA) is 77.0 Å². The molecule has 0 aromatic carbocycles. The van der Waals surface area contributed by atoms with Crippen LogP contribution < -0.4 is 5.32 Å². The van der Waals surface area contributed by atoms with Crippen LogP contribution in [-0.4, -0.2) is 15.1 Å². The van der Waals surface area contributed by atoms with Gasteiger partial charge in [0, 0.05) is 0 Å². The Morgan fingerprint density at radius 2 is 2.29 bits per heavy atom. The van der Waals surface area contributed by atoms with Crippen molar-refractivity contribution >= 4 is 6.01 Å². The van der Waals surface area contributed by atoms with Crippen molar-refractivity contribution in [3.63, 3.8) is 0 Å². The molecule has 1 N–H and O–H groups in total. The minimum atomic E-state index is 0.373. The Bertz CT molecular complexity index is 380. The maximum absolute atomic E-state index is 5.25. The highest BCUT2D eigenvalue weighted by atomic mass is 16.5. The van der Waals surface area contributed by atoms with E-state index >= 15 is 0 Å². The van der Waals surface area contributed by atoms with Crippen LogP contribution in [0.25, 0.3) is 0 Å². The molecule has 74 valence electrons. The summed E-state index contributed by atoms with van der Waals surface area (Å²) in [5, 5.41) is 6.53. The SMILES string of the molecule is Cc1noc(NCc2ncc(C)o2)n1. The normalized spacial score (nSPS) is 10.4. The molecule has 0 saturated carbocycles. The molecule has 6 nitrogen and oxygen atoms in total. The van der Waals surface area contributed by atoms with Crippen LogP contribution in [0.15, 0.2) is 15.1 Å². The Hall–Kier alpha value is -1.85. The number of rotatable bonds is 3. The summed E-state index contributed by atoms with van der Waals surface area (Å²) in [6, 6.07) is 0.373. The quantitative estimate of drug-likeness (QED) is 0.793. The summed E-state index contributed by atoms with van der Waals surface area (Å²) in [6.45, 7) is 4.03. The first-order valence-corrected chi connectivity index (χ1v) is 4.19. The number of aromatic nitrogens is 3. The third kappa shape index (κ3) is 1.90. The van der Waals surface area contributed by atoms with Gasteiger partial charge < -0.3 is 14.3 Å². The van der Waals surface area contributed by atoms with Crippen molar-refractivity contribution < 1.29 is 8.94 Å². The molecule has 6 heteroatoms. The van der Waals surface area contributed by atoms with Crippen LogP contribution in [0.5, 0.6) is 0 Å². The molecule has 0 bridgehead atoms. The van der Waals surface area contributed by atoms with Crippen molar-refractivity contribution in [3.8, 4) is 0 Å². The van der Waals surface area contributed by atoms with Gasteiger partial charge in [0.1, 0.15) is 5.76 Å². The van der Waals surface area contributed by atoms with Gasteiger partial charge in [-0.25, -0.2) is 4.98 Å². The van der Waals surface area contributed by atoms with Crippen LogP contribution in [0, 0.1) is 13.8 Å². The second-order valence-electron chi connectivity index (χ2n) is 2.86. The van der Waals surface area contributed by atoms with Crippen LogP contribution in [0.1, 0.15) is 17.5 Å². The van der Waals surface area contributed by atoms with Gasteiger partial charge in [0.2, 0.25) is 5.89 Å². The molecule has 0 saturated heterocycles. The van der Waals surface area contributed by atoms with Gasteiger partial charge in [-0.15, -0.1) is 0 Å². The zero-order valence-corrected chi connectivity index (χ0v) is 7.94. The van der Waals surface area contributed by atoms with E-state index in [1.165, 1.54) is 0 Å². The van der Waals surface area contributed by atoms with E-state index in [0.29, 0.717) is 24.3 Å². The van der Waals surface area contributed by atoms with Gasteiger partial charge in [0.15, 0.2) is 5.82 Å². The van der Waals surface area contributed by atoms with E-state index in [2.05, 4.69) is 20.4 Å². The Labute approximate surface area is 80.3 Å². The molecule has 0 amide bonds. The van der Waals surface area contributed by atoms with Crippen LogP contribution in [0.4, 0.5) is 6.01 Å². The van der Waals surface area contributed by atoms with Crippen molar-refractivity contribution in [3.05, 3.63) is 23.7 Å². The summed E-state index contributed by atoms with van der Waals surface area (Å²) in [7, 11) is 0. The molecule has 2 aromatic heterocycles. The Kier molecular flexibility index (Phi) is 2.18. The molecule has 0 atom stereocenters. The lowest BCUT2D eigenvalue weighted by Crippen LogP contribution is -1.99. The van der Waals surface area contributed by atoms with E-state index in [1.807, 2.05) is 6.92 Å². The highest BCUT2D eigenvalue weighted by Gasteiger charge is 2.04. The summed E-state index contributed by atoms with van der Waals surface area (Å²) in [5.41, 5.74) is 0. The molecule has 0 aliphatic carbocycles. The molecule has 0 radical (unpaired) electrons. The number of hydrogen-bond acceptors (Lipinski definition) is 6. The van der Waals surface area contributed by atoms with Gasteiger partial charge in [-0.05, 0) is 13.8 Å². The van der Waals surface area contributed by atoms with E-state index in [9.17, 15) is 0 Å². The third-order valence-corrected chi connectivity index (χ3v) is 1.59. The Morgan fingerprint density at radius 3 is 2.86 bits per heavy atom. The number of anilines is 1. The van der Waals surface area contributed by atoms with Crippen LogP contribution >= 0.6 is 0 Å². The highest BCUT2D eigenvalue weighted by molar-refractivity contribution is 5.18. The van der Waals surface area contributed by atoms with Crippen LogP contribution in [-0.2, 0) is 6.54 Å². The minimum Gasteiger partial charge on any atom is -0.444 e. The molecule has 14 heavy (non-hydrogen) atoms. The molecular formula is C8H10N4O2. The smallest absolute Gasteiger partial charge is 0.321 e. The molecule has 0 aliphatic rings. The molecule has 0 fully saturated rings. The summed E-state index contributed by atoms with van der Waals surface area (Å²) in [6.07, 6.45) is 1.66. The first-order chi connectivity index (χ1) is 6.74. The minimum absolute atomic E-state index is 0.373. The molecule has 2 rings (SSSR count). The maximum atomic E-state index is 5.25. The molecule has 2 aromatic rings. The second kappa shape index (κ2) is 3.49. The largest absolute Gasteiger partial charge is 0.444 e. The fourth-order valence-electron chi connectivity index (χ4n) is 1.00. The summed E-state index contributed by atoms with van der Waals surface area (Å²) >= 11 is 0. The van der Waals surface area contributed by atoms with Crippen molar-refractivity contribution in [2.24, 2.45) is 0 Å². The van der Waals surface area contributed by atoms with E-state index < -0.39 is 0 Å². The lowest BCUT2D eigenvalue weighted by molar-refractivity contribution is 0.420. The molecule has 2 heterocycles. The van der Waals surface area contributed by atoms with E-state index in [0.717, 1.165) is 5.76 Å². The highest BCUT2D eigenvalue weighted by Crippen LogP contribution is 2.06. The summed E-state index contributed by atoms with van der Waals surface area (Å²) in [5.74, 6) is 1.97. The van der Waals surface area contributed by atoms with E-state index in [1.54, 1.807) is 13.1 Å². The monoisotopic (exact) mass is 194 g/mol. The average Bonchev–Trinajstić information content (AvgIpc) is 2.72. The third-order valence-electron chi connectivity index (χ3n) is 1.59. The Morgan fingerprint density at radius 1 is 1.43 bits per heavy atom. The van der Waals surface area contributed by atoms with Gasteiger partial charge in [-0.1, -0.05) is 5.16 Å². The van der Waals surface area contributed by atoms with Crippen molar-refractivity contribution in [1.29, 1.82) is 0 Å². The number of nitrogens with zero attached hydrogens (tertiary/aromatic N) is 3. The molecular weight excluding hydrogens is 184 g/mol. The fraction of sp³-hybridized carbons (Fsp3) is 0.375. The van der Waals surface area contributed by atoms with Crippen molar-refractivity contribution in [2.45, 2.75) is 20.4 Å². The van der Waals surface area contributed by atoms with E-state index in [-0.39, 0.29) is 0 Å². The van der Waals surface area contributed by atoms with Crippen molar-refractivity contribution in [2.75, 3.05) is 5.32 Å². The average molecular weight is 194 g/mol. The van der Waals surface area contributed by atoms with Crippen LogP contribution in [0.2, 0.25) is 0 Å². The molecule has 0 spiro atoms.